The monoisotopic (exact) mass is 326 g/mol. The number of nitrogens with zero attached hydrogens (tertiary/aromatic N) is 5. The van der Waals surface area contributed by atoms with Crippen molar-refractivity contribution in [1.82, 2.24) is 19.7 Å². The number of aryl methyl sites for hydroxylation is 1. The van der Waals surface area contributed by atoms with Gasteiger partial charge in [0.1, 0.15) is 11.6 Å². The number of hydrogen-bond acceptors (Lipinski definition) is 5. The molecule has 0 atom stereocenters. The average molecular weight is 326 g/mol. The van der Waals surface area contributed by atoms with E-state index >= 15 is 0 Å². The molecule has 3 rings (SSSR count). The van der Waals surface area contributed by atoms with Gasteiger partial charge in [-0.15, -0.1) is 10.2 Å². The lowest BCUT2D eigenvalue weighted by molar-refractivity contribution is -0.137. The normalized spacial score (nSPS) is 16.8. The molecule has 6 nitrogen and oxygen atoms in total. The Bertz CT molecular complexity index is 651. The molecule has 2 aromatic rings. The number of halogens is 3. The Kier molecular flexibility index (Phi) is 3.87. The molecule has 9 heteroatoms. The molecule has 0 aliphatic carbocycles. The Morgan fingerprint density at radius 1 is 1.17 bits per heavy atom. The molecule has 3 heterocycles. The maximum Gasteiger partial charge on any atom is 0.417 e. The molecular formula is C14H17F3N6. The second-order valence-electron chi connectivity index (χ2n) is 5.60. The van der Waals surface area contributed by atoms with Crippen molar-refractivity contribution in [2.24, 2.45) is 0 Å². The van der Waals surface area contributed by atoms with Gasteiger partial charge in [-0.2, -0.15) is 13.2 Å². The summed E-state index contributed by atoms with van der Waals surface area (Å²) in [4.78, 5) is 5.92. The minimum atomic E-state index is -4.36. The first kappa shape index (κ1) is 15.6. The SMILES string of the molecule is Cc1nnc(N)n1C1CCN(c2ccc(C(F)(F)F)cn2)CC1. The molecule has 0 spiro atoms. The molecule has 0 bridgehead atoms. The minimum absolute atomic E-state index is 0.204. The first-order valence-electron chi connectivity index (χ1n) is 7.31. The molecule has 0 aromatic carbocycles. The van der Waals surface area contributed by atoms with Crippen molar-refractivity contribution in [3.8, 4) is 0 Å². The standard InChI is InChI=1S/C14H17F3N6/c1-9-20-21-13(18)23(9)11-4-6-22(7-5-11)12-3-2-10(8-19-12)14(15,16)17/h2-3,8,11H,4-7H2,1H3,(H2,18,21). The smallest absolute Gasteiger partial charge is 0.368 e. The van der Waals surface area contributed by atoms with Crippen LogP contribution in [0, 0.1) is 6.92 Å². The molecular weight excluding hydrogens is 309 g/mol. The lowest BCUT2D eigenvalue weighted by Gasteiger charge is -2.33. The van der Waals surface area contributed by atoms with E-state index in [1.807, 2.05) is 16.4 Å². The molecule has 23 heavy (non-hydrogen) atoms. The van der Waals surface area contributed by atoms with Gasteiger partial charge in [0.2, 0.25) is 5.95 Å². The molecule has 2 aromatic heterocycles. The van der Waals surface area contributed by atoms with Gasteiger partial charge in [-0.3, -0.25) is 4.57 Å². The summed E-state index contributed by atoms with van der Waals surface area (Å²) in [5.41, 5.74) is 5.10. The zero-order valence-electron chi connectivity index (χ0n) is 12.6. The minimum Gasteiger partial charge on any atom is -0.368 e. The maximum absolute atomic E-state index is 12.6. The summed E-state index contributed by atoms with van der Waals surface area (Å²) in [6, 6.07) is 2.69. The molecule has 1 saturated heterocycles. The molecule has 0 radical (unpaired) electrons. The fourth-order valence-corrected chi connectivity index (χ4v) is 2.93. The molecule has 1 aliphatic rings. The van der Waals surface area contributed by atoms with E-state index in [0.717, 1.165) is 30.9 Å². The van der Waals surface area contributed by atoms with Crippen LogP contribution < -0.4 is 10.6 Å². The Hall–Kier alpha value is -2.32. The summed E-state index contributed by atoms with van der Waals surface area (Å²) in [6.45, 7) is 3.24. The van der Waals surface area contributed by atoms with Crippen molar-refractivity contribution < 1.29 is 13.2 Å². The first-order valence-corrected chi connectivity index (χ1v) is 7.31. The van der Waals surface area contributed by atoms with Crippen LogP contribution in [0.3, 0.4) is 0 Å². The van der Waals surface area contributed by atoms with Gasteiger partial charge in [0, 0.05) is 25.3 Å². The van der Waals surface area contributed by atoms with Crippen LogP contribution in [-0.4, -0.2) is 32.8 Å². The van der Waals surface area contributed by atoms with Gasteiger partial charge in [0.15, 0.2) is 0 Å². The van der Waals surface area contributed by atoms with Crippen molar-refractivity contribution in [3.63, 3.8) is 0 Å². The summed E-state index contributed by atoms with van der Waals surface area (Å²) in [5, 5.41) is 7.82. The van der Waals surface area contributed by atoms with Crippen LogP contribution >= 0.6 is 0 Å². The van der Waals surface area contributed by atoms with Crippen molar-refractivity contribution >= 4 is 11.8 Å². The quantitative estimate of drug-likeness (QED) is 0.917. The highest BCUT2D eigenvalue weighted by Gasteiger charge is 2.31. The van der Waals surface area contributed by atoms with E-state index in [4.69, 9.17) is 5.73 Å². The molecule has 0 saturated carbocycles. The Morgan fingerprint density at radius 2 is 1.87 bits per heavy atom. The topological polar surface area (TPSA) is 72.9 Å². The van der Waals surface area contributed by atoms with Gasteiger partial charge in [0.05, 0.1) is 5.56 Å². The fraction of sp³-hybridized carbons (Fsp3) is 0.500. The Balaban J connectivity index is 1.67. The van der Waals surface area contributed by atoms with Crippen LogP contribution in [0.4, 0.5) is 24.9 Å². The molecule has 0 unspecified atom stereocenters. The average Bonchev–Trinajstić information content (AvgIpc) is 2.86. The number of rotatable bonds is 2. The molecule has 1 aliphatic heterocycles. The van der Waals surface area contributed by atoms with Gasteiger partial charge in [0.25, 0.3) is 0 Å². The number of hydrogen-bond donors (Lipinski definition) is 1. The highest BCUT2D eigenvalue weighted by Crippen LogP contribution is 2.31. The number of piperidine rings is 1. The van der Waals surface area contributed by atoms with Gasteiger partial charge in [-0.25, -0.2) is 4.98 Å². The first-order chi connectivity index (χ1) is 10.9. The number of nitrogen functional groups attached to an aromatic ring is 1. The highest BCUT2D eigenvalue weighted by molar-refractivity contribution is 5.40. The highest BCUT2D eigenvalue weighted by atomic mass is 19.4. The second kappa shape index (κ2) is 5.71. The number of pyridine rings is 1. The number of nitrogens with two attached hydrogens (primary N) is 1. The fourth-order valence-electron chi connectivity index (χ4n) is 2.93. The van der Waals surface area contributed by atoms with Crippen LogP contribution in [0.15, 0.2) is 18.3 Å². The summed E-state index contributed by atoms with van der Waals surface area (Å²) >= 11 is 0. The third-order valence-corrected chi connectivity index (χ3v) is 4.12. The third-order valence-electron chi connectivity index (χ3n) is 4.12. The van der Waals surface area contributed by atoms with Crippen LogP contribution in [0.25, 0.3) is 0 Å². The molecule has 2 N–H and O–H groups in total. The van der Waals surface area contributed by atoms with E-state index in [9.17, 15) is 13.2 Å². The third kappa shape index (κ3) is 3.08. The van der Waals surface area contributed by atoms with Crippen molar-refractivity contribution in [2.45, 2.75) is 32.0 Å². The lowest BCUT2D eigenvalue weighted by atomic mass is 10.0. The van der Waals surface area contributed by atoms with E-state index in [2.05, 4.69) is 15.2 Å². The van der Waals surface area contributed by atoms with Gasteiger partial charge in [-0.1, -0.05) is 0 Å². The van der Waals surface area contributed by atoms with Crippen molar-refractivity contribution in [1.29, 1.82) is 0 Å². The van der Waals surface area contributed by atoms with Crippen LogP contribution in [0.1, 0.15) is 30.3 Å². The number of alkyl halides is 3. The van der Waals surface area contributed by atoms with E-state index in [0.29, 0.717) is 24.9 Å². The number of aromatic nitrogens is 4. The van der Waals surface area contributed by atoms with E-state index in [1.54, 1.807) is 0 Å². The van der Waals surface area contributed by atoms with Crippen molar-refractivity contribution in [3.05, 3.63) is 29.7 Å². The van der Waals surface area contributed by atoms with Crippen LogP contribution in [-0.2, 0) is 6.18 Å². The lowest BCUT2D eigenvalue weighted by Crippen LogP contribution is -2.35. The van der Waals surface area contributed by atoms with E-state index < -0.39 is 11.7 Å². The van der Waals surface area contributed by atoms with Gasteiger partial charge < -0.3 is 10.6 Å². The Morgan fingerprint density at radius 3 is 2.35 bits per heavy atom. The predicted octanol–water partition coefficient (Wildman–Crippen LogP) is 2.42. The summed E-state index contributed by atoms with van der Waals surface area (Å²) in [7, 11) is 0. The van der Waals surface area contributed by atoms with Gasteiger partial charge in [-0.05, 0) is 31.9 Å². The van der Waals surface area contributed by atoms with Crippen LogP contribution in [0.2, 0.25) is 0 Å². The summed E-state index contributed by atoms with van der Waals surface area (Å²) in [5.74, 6) is 1.73. The zero-order valence-corrected chi connectivity index (χ0v) is 12.6. The molecule has 0 amide bonds. The predicted molar refractivity (Wildman–Crippen MR) is 78.9 cm³/mol. The maximum atomic E-state index is 12.6. The van der Waals surface area contributed by atoms with Crippen molar-refractivity contribution in [2.75, 3.05) is 23.7 Å². The summed E-state index contributed by atoms with van der Waals surface area (Å²) in [6.07, 6.45) is -1.86. The van der Waals surface area contributed by atoms with E-state index in [1.165, 1.54) is 6.07 Å². The zero-order chi connectivity index (χ0) is 16.6. The number of anilines is 2. The van der Waals surface area contributed by atoms with Gasteiger partial charge >= 0.3 is 6.18 Å². The second-order valence-corrected chi connectivity index (χ2v) is 5.60. The largest absolute Gasteiger partial charge is 0.417 e. The summed E-state index contributed by atoms with van der Waals surface area (Å²) < 4.78 is 39.6. The molecule has 124 valence electrons. The van der Waals surface area contributed by atoms with E-state index in [-0.39, 0.29) is 6.04 Å². The Labute approximate surface area is 131 Å². The molecule has 1 fully saturated rings. The van der Waals surface area contributed by atoms with Crippen LogP contribution in [0.5, 0.6) is 0 Å².